The van der Waals surface area contributed by atoms with Crippen molar-refractivity contribution in [3.63, 3.8) is 0 Å². The van der Waals surface area contributed by atoms with Crippen LogP contribution in [-0.2, 0) is 57.0 Å². The minimum atomic E-state index is -0.908. The van der Waals surface area contributed by atoms with E-state index >= 15 is 0 Å². The minimum Gasteiger partial charge on any atom is -0.461 e. The van der Waals surface area contributed by atoms with Crippen molar-refractivity contribution in [1.29, 1.82) is 0 Å². The van der Waals surface area contributed by atoms with Crippen LogP contribution in [0.25, 0.3) is 0 Å². The number of carbonyl (C=O) groups excluding carboxylic acids is 2. The molecule has 0 aromatic rings. The van der Waals surface area contributed by atoms with E-state index in [9.17, 15) is 9.59 Å². The maximum atomic E-state index is 11.1. The molecule has 2 fully saturated rings. The summed E-state index contributed by atoms with van der Waals surface area (Å²) in [7, 11) is 0. The highest BCUT2D eigenvalue weighted by molar-refractivity contribution is 5.94. The van der Waals surface area contributed by atoms with Gasteiger partial charge in [0.25, 0.3) is 0 Å². The van der Waals surface area contributed by atoms with Crippen LogP contribution >= 0.6 is 0 Å². The molecule has 2 aliphatic heterocycles. The first-order chi connectivity index (χ1) is 18.6. The molecule has 0 unspecified atom stereocenters. The third-order valence-corrected chi connectivity index (χ3v) is 4.37. The van der Waals surface area contributed by atoms with Crippen molar-refractivity contribution in [2.45, 2.75) is 6.92 Å². The second-order valence-corrected chi connectivity index (χ2v) is 7.46. The summed E-state index contributed by atoms with van der Waals surface area (Å²) >= 11 is 0. The Morgan fingerprint density at radius 3 is 0.868 bits per heavy atom. The monoisotopic (exact) mass is 550 g/mol. The second-order valence-electron chi connectivity index (χ2n) is 7.46. The zero-order valence-electron chi connectivity index (χ0n) is 22.8. The average molecular weight is 551 g/mol. The van der Waals surface area contributed by atoms with Gasteiger partial charge in [0.2, 0.25) is 0 Å². The van der Waals surface area contributed by atoms with Crippen LogP contribution in [0.1, 0.15) is 6.92 Å². The Balaban J connectivity index is 0.000000542. The van der Waals surface area contributed by atoms with Crippen LogP contribution < -0.4 is 0 Å². The smallest absolute Gasteiger partial charge is 0.320 e. The molecule has 12 nitrogen and oxygen atoms in total. The van der Waals surface area contributed by atoms with Crippen molar-refractivity contribution in [2.24, 2.45) is 5.92 Å². The van der Waals surface area contributed by atoms with Crippen LogP contribution in [-0.4, -0.2) is 131 Å². The molecule has 12 heteroatoms. The molecular formula is C26H46O12. The molecule has 38 heavy (non-hydrogen) atoms. The van der Waals surface area contributed by atoms with Gasteiger partial charge in [0.05, 0.1) is 106 Å². The van der Waals surface area contributed by atoms with Crippen molar-refractivity contribution in [2.75, 3.05) is 119 Å². The predicted molar refractivity (Wildman–Crippen MR) is 138 cm³/mol. The molecule has 222 valence electrons. The lowest BCUT2D eigenvalue weighted by atomic mass is 10.2. The Kier molecular flexibility index (Phi) is 28.2. The number of rotatable bonds is 6. The summed E-state index contributed by atoms with van der Waals surface area (Å²) in [5.41, 5.74) is 0. The summed E-state index contributed by atoms with van der Waals surface area (Å²) in [5, 5.41) is 0. The van der Waals surface area contributed by atoms with E-state index in [4.69, 9.17) is 37.9 Å². The Hall–Kier alpha value is -1.90. The van der Waals surface area contributed by atoms with Crippen LogP contribution in [0.4, 0.5) is 0 Å². The number of esters is 2. The van der Waals surface area contributed by atoms with Gasteiger partial charge >= 0.3 is 11.9 Å². The fraction of sp³-hybridized carbons (Fsp3) is 0.769. The molecule has 0 radical (unpaired) electrons. The van der Waals surface area contributed by atoms with Gasteiger partial charge in [-0.05, 0) is 6.92 Å². The summed E-state index contributed by atoms with van der Waals surface area (Å²) in [6.07, 6.45) is 2.86. The first-order valence-electron chi connectivity index (χ1n) is 12.8. The highest BCUT2D eigenvalue weighted by Gasteiger charge is 2.23. The van der Waals surface area contributed by atoms with Gasteiger partial charge in [-0.15, -0.1) is 0 Å². The summed E-state index contributed by atoms with van der Waals surface area (Å²) in [6, 6.07) is 0. The quantitative estimate of drug-likeness (QED) is 0.268. The molecule has 0 N–H and O–H groups in total. The van der Waals surface area contributed by atoms with Gasteiger partial charge in [0.15, 0.2) is 5.92 Å². The number of carbonyl (C=O) groups is 2. The van der Waals surface area contributed by atoms with E-state index in [1.807, 2.05) is 0 Å². The Morgan fingerprint density at radius 1 is 0.526 bits per heavy atom. The molecule has 2 saturated heterocycles. The molecule has 0 atom stereocenters. The van der Waals surface area contributed by atoms with E-state index < -0.39 is 17.9 Å². The van der Waals surface area contributed by atoms with Gasteiger partial charge in [-0.3, -0.25) is 9.59 Å². The van der Waals surface area contributed by atoms with Gasteiger partial charge in [0.1, 0.15) is 13.2 Å². The fourth-order valence-electron chi connectivity index (χ4n) is 2.39. The predicted octanol–water partition coefficient (Wildman–Crippen LogP) is 1.21. The first-order valence-corrected chi connectivity index (χ1v) is 12.8. The van der Waals surface area contributed by atoms with E-state index in [1.165, 1.54) is 19.1 Å². The molecule has 0 amide bonds. The zero-order valence-corrected chi connectivity index (χ0v) is 22.8. The van der Waals surface area contributed by atoms with Gasteiger partial charge in [-0.2, -0.15) is 0 Å². The van der Waals surface area contributed by atoms with Crippen LogP contribution in [0.5, 0.6) is 0 Å². The van der Waals surface area contributed by atoms with Crippen LogP contribution in [0.3, 0.4) is 0 Å². The molecule has 2 aliphatic rings. The zero-order chi connectivity index (χ0) is 27.9. The van der Waals surface area contributed by atoms with Gasteiger partial charge in [0, 0.05) is 0 Å². The minimum absolute atomic E-state index is 0.0952. The highest BCUT2D eigenvalue weighted by Crippen LogP contribution is 2.02. The van der Waals surface area contributed by atoms with Crippen LogP contribution in [0.2, 0.25) is 0 Å². The van der Waals surface area contributed by atoms with Gasteiger partial charge in [-0.1, -0.05) is 25.3 Å². The SMILES string of the molecule is C1COCCOCCOCCO1.C1COCCOCCOCCO1.C=CCOC(=O)C(C)C(=O)OCC=C. The Labute approximate surface area is 226 Å². The summed E-state index contributed by atoms with van der Waals surface area (Å²) in [6.45, 7) is 18.7. The van der Waals surface area contributed by atoms with Crippen molar-refractivity contribution in [3.05, 3.63) is 25.3 Å². The average Bonchev–Trinajstić information content (AvgIpc) is 2.91. The second kappa shape index (κ2) is 29.7. The van der Waals surface area contributed by atoms with Crippen LogP contribution in [0.15, 0.2) is 25.3 Å². The van der Waals surface area contributed by atoms with E-state index in [0.717, 1.165) is 0 Å². The topological polar surface area (TPSA) is 126 Å². The van der Waals surface area contributed by atoms with E-state index in [-0.39, 0.29) is 13.2 Å². The molecule has 0 bridgehead atoms. The normalized spacial score (nSPS) is 18.6. The molecule has 0 spiro atoms. The molecule has 0 aromatic carbocycles. The van der Waals surface area contributed by atoms with E-state index in [1.54, 1.807) is 0 Å². The lowest BCUT2D eigenvalue weighted by Crippen LogP contribution is -2.25. The number of hydrogen-bond donors (Lipinski definition) is 0. The molecule has 2 heterocycles. The number of ether oxygens (including phenoxy) is 10. The van der Waals surface area contributed by atoms with Crippen molar-refractivity contribution in [3.8, 4) is 0 Å². The Morgan fingerprint density at radius 2 is 0.711 bits per heavy atom. The molecule has 0 aromatic heterocycles. The number of hydrogen-bond acceptors (Lipinski definition) is 12. The fourth-order valence-corrected chi connectivity index (χ4v) is 2.39. The third kappa shape index (κ3) is 25.7. The van der Waals surface area contributed by atoms with Crippen molar-refractivity contribution < 1.29 is 57.0 Å². The molecule has 2 rings (SSSR count). The standard InChI is InChI=1S/C10H14O4.2C8H16O4/c1-4-6-13-9(11)8(3)10(12)14-7-5-2;2*1-2-10-5-6-12-8-7-11-4-3-9-1/h4-5,8H,1-2,6-7H2,3H3;2*1-8H2. The van der Waals surface area contributed by atoms with Crippen molar-refractivity contribution in [1.82, 2.24) is 0 Å². The van der Waals surface area contributed by atoms with Gasteiger partial charge in [-0.25, -0.2) is 0 Å². The maximum absolute atomic E-state index is 11.1. The highest BCUT2D eigenvalue weighted by atomic mass is 16.6. The Bertz CT molecular complexity index is 438. The maximum Gasteiger partial charge on any atom is 0.320 e. The summed E-state index contributed by atoms with van der Waals surface area (Å²) in [4.78, 5) is 22.2. The molecule has 0 aliphatic carbocycles. The van der Waals surface area contributed by atoms with E-state index in [0.29, 0.717) is 106 Å². The summed E-state index contributed by atoms with van der Waals surface area (Å²) in [5.74, 6) is -2.13. The summed E-state index contributed by atoms with van der Waals surface area (Å²) < 4.78 is 51.1. The lowest BCUT2D eigenvalue weighted by molar-refractivity contribution is -0.159. The first kappa shape index (κ1) is 36.1. The van der Waals surface area contributed by atoms with Gasteiger partial charge < -0.3 is 47.4 Å². The molecule has 0 saturated carbocycles. The van der Waals surface area contributed by atoms with Crippen molar-refractivity contribution >= 4 is 11.9 Å². The molecular weight excluding hydrogens is 504 g/mol. The largest absolute Gasteiger partial charge is 0.461 e. The van der Waals surface area contributed by atoms with E-state index in [2.05, 4.69) is 22.6 Å². The lowest BCUT2D eigenvalue weighted by Gasteiger charge is -2.09. The van der Waals surface area contributed by atoms with Crippen LogP contribution in [0, 0.1) is 5.92 Å². The third-order valence-electron chi connectivity index (χ3n) is 4.37.